The van der Waals surface area contributed by atoms with Crippen LogP contribution in [-0.4, -0.2) is 20.0 Å². The molecule has 0 amide bonds. The molecular weight excluding hydrogens is 232 g/mol. The van der Waals surface area contributed by atoms with Crippen LogP contribution in [0.25, 0.3) is 11.0 Å². The highest BCUT2D eigenvalue weighted by Crippen LogP contribution is 2.20. The maximum atomic E-state index is 10.8. The van der Waals surface area contributed by atoms with Gasteiger partial charge in [-0.2, -0.15) is 0 Å². The van der Waals surface area contributed by atoms with Crippen molar-refractivity contribution < 1.29 is 4.92 Å². The quantitative estimate of drug-likeness (QED) is 0.662. The summed E-state index contributed by atoms with van der Waals surface area (Å²) in [5.74, 6) is 0. The monoisotopic (exact) mass is 248 g/mol. The van der Waals surface area contributed by atoms with E-state index in [1.165, 1.54) is 6.07 Å². The third kappa shape index (κ3) is 2.65. The van der Waals surface area contributed by atoms with Crippen LogP contribution in [-0.2, 0) is 6.54 Å². The summed E-state index contributed by atoms with van der Waals surface area (Å²) in [7, 11) is 0. The van der Waals surface area contributed by atoms with Crippen molar-refractivity contribution >= 4 is 16.7 Å². The van der Waals surface area contributed by atoms with Crippen molar-refractivity contribution in [2.75, 3.05) is 0 Å². The molecule has 1 heterocycles. The zero-order valence-electron chi connectivity index (χ0n) is 10.5. The maximum absolute atomic E-state index is 10.8. The van der Waals surface area contributed by atoms with Crippen LogP contribution in [0.5, 0.6) is 0 Å². The van der Waals surface area contributed by atoms with E-state index in [0.29, 0.717) is 6.54 Å². The second-order valence-corrected chi connectivity index (χ2v) is 5.11. The van der Waals surface area contributed by atoms with Gasteiger partial charge in [0.05, 0.1) is 22.3 Å². The van der Waals surface area contributed by atoms with E-state index in [1.54, 1.807) is 18.5 Å². The highest BCUT2D eigenvalue weighted by Gasteiger charge is 2.13. The highest BCUT2D eigenvalue weighted by molar-refractivity contribution is 5.77. The molecule has 2 N–H and O–H groups in total. The van der Waals surface area contributed by atoms with Gasteiger partial charge >= 0.3 is 0 Å². The second-order valence-electron chi connectivity index (χ2n) is 5.11. The van der Waals surface area contributed by atoms with Crippen LogP contribution in [0.4, 0.5) is 5.69 Å². The summed E-state index contributed by atoms with van der Waals surface area (Å²) in [6.07, 6.45) is 2.47. The number of benzene rings is 1. The number of nitrogens with zero attached hydrogens (tertiary/aromatic N) is 3. The van der Waals surface area contributed by atoms with Crippen molar-refractivity contribution in [3.05, 3.63) is 34.6 Å². The van der Waals surface area contributed by atoms with Gasteiger partial charge in [-0.25, -0.2) is 4.98 Å². The van der Waals surface area contributed by atoms with Crippen LogP contribution in [0.15, 0.2) is 24.5 Å². The molecule has 1 aromatic heterocycles. The summed E-state index contributed by atoms with van der Waals surface area (Å²) in [6.45, 7) is 4.60. The summed E-state index contributed by atoms with van der Waals surface area (Å²) < 4.78 is 1.90. The number of fused-ring (bicyclic) bond motifs is 1. The molecule has 0 saturated heterocycles. The van der Waals surface area contributed by atoms with E-state index in [9.17, 15) is 10.1 Å². The fourth-order valence-electron chi connectivity index (χ4n) is 1.75. The first-order valence-electron chi connectivity index (χ1n) is 5.75. The molecule has 0 aliphatic rings. The number of nitro groups is 1. The Hall–Kier alpha value is -1.95. The number of nitro benzene ring substituents is 1. The van der Waals surface area contributed by atoms with Crippen molar-refractivity contribution in [2.45, 2.75) is 32.4 Å². The minimum absolute atomic E-state index is 0.0799. The average molecular weight is 248 g/mol. The lowest BCUT2D eigenvalue weighted by Gasteiger charge is -2.18. The molecule has 0 saturated carbocycles. The van der Waals surface area contributed by atoms with Gasteiger partial charge in [0.1, 0.15) is 0 Å². The number of non-ortho nitro benzene ring substituents is 1. The summed E-state index contributed by atoms with van der Waals surface area (Å²) in [5, 5.41) is 10.8. The largest absolute Gasteiger partial charge is 0.330 e. The van der Waals surface area contributed by atoms with Gasteiger partial charge in [-0.05, 0) is 26.3 Å². The number of rotatable bonds is 4. The first kappa shape index (κ1) is 12.5. The zero-order chi connectivity index (χ0) is 13.3. The van der Waals surface area contributed by atoms with Crippen LogP contribution in [0.3, 0.4) is 0 Å². The molecule has 0 aliphatic heterocycles. The normalized spacial score (nSPS) is 11.9. The molecule has 96 valence electrons. The predicted molar refractivity (Wildman–Crippen MR) is 69.3 cm³/mol. The molecule has 18 heavy (non-hydrogen) atoms. The fraction of sp³-hybridized carbons (Fsp3) is 0.417. The molecule has 2 aromatic rings. The van der Waals surface area contributed by atoms with Gasteiger partial charge in [-0.3, -0.25) is 10.1 Å². The van der Waals surface area contributed by atoms with E-state index in [4.69, 9.17) is 5.73 Å². The summed E-state index contributed by atoms with van der Waals surface area (Å²) in [4.78, 5) is 14.6. The van der Waals surface area contributed by atoms with Crippen molar-refractivity contribution in [3.63, 3.8) is 0 Å². The fourth-order valence-corrected chi connectivity index (χ4v) is 1.75. The zero-order valence-corrected chi connectivity index (χ0v) is 10.5. The molecule has 0 spiro atoms. The number of hydrogen-bond acceptors (Lipinski definition) is 4. The molecule has 0 bridgehead atoms. The Bertz CT molecular complexity index is 583. The van der Waals surface area contributed by atoms with E-state index in [0.717, 1.165) is 17.5 Å². The standard InChI is InChI=1S/C12H16N4O2/c1-12(2,13)5-6-15-8-14-10-4-3-9(16(17)18)7-11(10)15/h3-4,7-8H,5-6,13H2,1-2H3. The Morgan fingerprint density at radius 1 is 1.50 bits per heavy atom. The minimum Gasteiger partial charge on any atom is -0.330 e. The van der Waals surface area contributed by atoms with E-state index in [2.05, 4.69) is 4.98 Å². The number of aryl methyl sites for hydroxylation is 1. The SMILES string of the molecule is CC(C)(N)CCn1cnc2ccc([N+](=O)[O-])cc21. The number of hydrogen-bond donors (Lipinski definition) is 1. The lowest BCUT2D eigenvalue weighted by molar-refractivity contribution is -0.384. The van der Waals surface area contributed by atoms with Gasteiger partial charge in [0, 0.05) is 24.2 Å². The molecule has 1 aromatic carbocycles. The van der Waals surface area contributed by atoms with Crippen LogP contribution >= 0.6 is 0 Å². The van der Waals surface area contributed by atoms with Crippen LogP contribution in [0.1, 0.15) is 20.3 Å². The molecule has 6 nitrogen and oxygen atoms in total. The van der Waals surface area contributed by atoms with Crippen LogP contribution in [0.2, 0.25) is 0 Å². The van der Waals surface area contributed by atoms with Crippen LogP contribution < -0.4 is 5.73 Å². The summed E-state index contributed by atoms with van der Waals surface area (Å²) in [6, 6.07) is 4.68. The average Bonchev–Trinajstić information content (AvgIpc) is 2.67. The Balaban J connectivity index is 2.33. The molecule has 6 heteroatoms. The Kier molecular flexibility index (Phi) is 3.04. The molecule has 2 rings (SSSR count). The smallest absolute Gasteiger partial charge is 0.271 e. The van der Waals surface area contributed by atoms with Gasteiger partial charge in [0.2, 0.25) is 0 Å². The number of imidazole rings is 1. The highest BCUT2D eigenvalue weighted by atomic mass is 16.6. The molecular formula is C12H16N4O2. The summed E-state index contributed by atoms with van der Waals surface area (Å²) >= 11 is 0. The molecule has 0 radical (unpaired) electrons. The molecule has 0 aliphatic carbocycles. The predicted octanol–water partition coefficient (Wildman–Crippen LogP) is 2.07. The Morgan fingerprint density at radius 2 is 2.22 bits per heavy atom. The lowest BCUT2D eigenvalue weighted by Crippen LogP contribution is -2.33. The molecule has 0 fully saturated rings. The van der Waals surface area contributed by atoms with E-state index >= 15 is 0 Å². The minimum atomic E-state index is -0.399. The van der Waals surface area contributed by atoms with E-state index in [-0.39, 0.29) is 11.2 Å². The Labute approximate surface area is 105 Å². The van der Waals surface area contributed by atoms with E-state index < -0.39 is 4.92 Å². The summed E-state index contributed by atoms with van der Waals surface area (Å²) in [5.41, 5.74) is 7.28. The van der Waals surface area contributed by atoms with Crippen molar-refractivity contribution in [1.29, 1.82) is 0 Å². The number of nitrogens with two attached hydrogens (primary N) is 1. The molecule has 0 atom stereocenters. The lowest BCUT2D eigenvalue weighted by atomic mass is 10.0. The third-order valence-corrected chi connectivity index (χ3v) is 2.81. The molecule has 0 unspecified atom stereocenters. The maximum Gasteiger partial charge on any atom is 0.271 e. The van der Waals surface area contributed by atoms with Gasteiger partial charge in [0.15, 0.2) is 0 Å². The first-order chi connectivity index (χ1) is 8.37. The van der Waals surface area contributed by atoms with Crippen LogP contribution in [0, 0.1) is 10.1 Å². The van der Waals surface area contributed by atoms with Crippen molar-refractivity contribution in [3.8, 4) is 0 Å². The topological polar surface area (TPSA) is 87.0 Å². The Morgan fingerprint density at radius 3 is 2.83 bits per heavy atom. The first-order valence-corrected chi connectivity index (χ1v) is 5.75. The van der Waals surface area contributed by atoms with Gasteiger partial charge in [-0.1, -0.05) is 0 Å². The van der Waals surface area contributed by atoms with Gasteiger partial charge in [0.25, 0.3) is 5.69 Å². The van der Waals surface area contributed by atoms with Crippen molar-refractivity contribution in [1.82, 2.24) is 9.55 Å². The van der Waals surface area contributed by atoms with Crippen molar-refractivity contribution in [2.24, 2.45) is 5.73 Å². The second kappa shape index (κ2) is 4.38. The van der Waals surface area contributed by atoms with Gasteiger partial charge < -0.3 is 10.3 Å². The number of aromatic nitrogens is 2. The van der Waals surface area contributed by atoms with E-state index in [1.807, 2.05) is 18.4 Å². The third-order valence-electron chi connectivity index (χ3n) is 2.81. The van der Waals surface area contributed by atoms with Gasteiger partial charge in [-0.15, -0.1) is 0 Å².